The monoisotopic (exact) mass is 273 g/mol. The first-order chi connectivity index (χ1) is 9.63. The predicted molar refractivity (Wildman–Crippen MR) is 76.1 cm³/mol. The zero-order valence-electron chi connectivity index (χ0n) is 11.7. The largest absolute Gasteiger partial charge is 0.506 e. The van der Waals surface area contributed by atoms with Gasteiger partial charge in [0.2, 0.25) is 0 Å². The third-order valence-electron chi connectivity index (χ3n) is 3.32. The summed E-state index contributed by atoms with van der Waals surface area (Å²) in [4.78, 5) is 8.33. The molecule has 106 valence electrons. The Labute approximate surface area is 118 Å². The van der Waals surface area contributed by atoms with Crippen LogP contribution in [-0.4, -0.2) is 20.2 Å². The number of pyridine rings is 2. The summed E-state index contributed by atoms with van der Waals surface area (Å²) in [6.45, 7) is 4.05. The highest BCUT2D eigenvalue weighted by Gasteiger charge is 2.13. The molecule has 0 fully saturated rings. The Balaban J connectivity index is 2.13. The quantitative estimate of drug-likeness (QED) is 0.774. The van der Waals surface area contributed by atoms with Crippen LogP contribution in [0.5, 0.6) is 5.75 Å². The van der Waals surface area contributed by atoms with Crippen LogP contribution in [0.1, 0.15) is 35.5 Å². The molecule has 3 N–H and O–H groups in total. The first-order valence-electron chi connectivity index (χ1n) is 6.55. The summed E-state index contributed by atoms with van der Waals surface area (Å²) in [7, 11) is 0. The number of nitrogens with one attached hydrogen (secondary N) is 1. The number of rotatable bonds is 5. The normalized spacial score (nSPS) is 12.3. The van der Waals surface area contributed by atoms with Crippen molar-refractivity contribution in [1.29, 1.82) is 0 Å². The first-order valence-corrected chi connectivity index (χ1v) is 6.55. The average molecular weight is 273 g/mol. The Kier molecular flexibility index (Phi) is 4.65. The second kappa shape index (κ2) is 6.45. The fourth-order valence-corrected chi connectivity index (χ4v) is 2.01. The molecule has 0 bridgehead atoms. The lowest BCUT2D eigenvalue weighted by molar-refractivity contribution is 0.278. The van der Waals surface area contributed by atoms with Crippen molar-refractivity contribution >= 4 is 0 Å². The first kappa shape index (κ1) is 14.4. The van der Waals surface area contributed by atoms with Crippen LogP contribution >= 0.6 is 0 Å². The van der Waals surface area contributed by atoms with Crippen molar-refractivity contribution in [2.24, 2.45) is 0 Å². The summed E-state index contributed by atoms with van der Waals surface area (Å²) in [5, 5.41) is 22.7. The van der Waals surface area contributed by atoms with E-state index in [9.17, 15) is 10.2 Å². The number of nitrogens with zero attached hydrogens (tertiary/aromatic N) is 2. The number of hydrogen-bond acceptors (Lipinski definition) is 5. The summed E-state index contributed by atoms with van der Waals surface area (Å²) in [5.41, 5.74) is 2.81. The van der Waals surface area contributed by atoms with Crippen molar-refractivity contribution in [3.05, 3.63) is 53.1 Å². The van der Waals surface area contributed by atoms with Gasteiger partial charge in [-0.1, -0.05) is 6.07 Å². The number of aliphatic hydroxyl groups excluding tert-OH is 1. The van der Waals surface area contributed by atoms with Gasteiger partial charge in [0.05, 0.1) is 18.0 Å². The van der Waals surface area contributed by atoms with Crippen LogP contribution in [0.4, 0.5) is 0 Å². The molecular formula is C15H19N3O2. The Bertz CT molecular complexity index is 573. The van der Waals surface area contributed by atoms with E-state index < -0.39 is 0 Å². The topological polar surface area (TPSA) is 78.3 Å². The molecule has 2 rings (SSSR count). The zero-order chi connectivity index (χ0) is 14.5. The number of aryl methyl sites for hydroxylation is 1. The van der Waals surface area contributed by atoms with E-state index in [0.29, 0.717) is 23.4 Å². The molecule has 0 saturated carbocycles. The minimum atomic E-state index is -0.143. The van der Waals surface area contributed by atoms with E-state index in [1.807, 2.05) is 25.1 Å². The van der Waals surface area contributed by atoms with Gasteiger partial charge in [0.25, 0.3) is 0 Å². The molecule has 2 aromatic heterocycles. The van der Waals surface area contributed by atoms with Crippen molar-refractivity contribution in [2.75, 3.05) is 0 Å². The van der Waals surface area contributed by atoms with E-state index in [-0.39, 0.29) is 18.4 Å². The standard InChI is InChI=1S/C15H19N3O2/c1-10(14-5-3-4-6-16-14)18-8-13-12(9-19)7-17-11(2)15(13)20/h3-7,10,18-20H,8-9H2,1-2H3/t10-/m1/s1. The van der Waals surface area contributed by atoms with E-state index in [4.69, 9.17) is 0 Å². The number of hydrogen-bond donors (Lipinski definition) is 3. The molecule has 0 aromatic carbocycles. The van der Waals surface area contributed by atoms with Crippen LogP contribution < -0.4 is 5.32 Å². The summed E-state index contributed by atoms with van der Waals surface area (Å²) in [6.07, 6.45) is 3.35. The number of aliphatic hydroxyl groups is 1. The van der Waals surface area contributed by atoms with Crippen molar-refractivity contribution in [3.63, 3.8) is 0 Å². The van der Waals surface area contributed by atoms with Gasteiger partial charge in [0, 0.05) is 36.1 Å². The van der Waals surface area contributed by atoms with Crippen molar-refractivity contribution in [1.82, 2.24) is 15.3 Å². The SMILES string of the molecule is Cc1ncc(CO)c(CN[C@H](C)c2ccccn2)c1O. The van der Waals surface area contributed by atoms with Crippen molar-refractivity contribution in [3.8, 4) is 5.75 Å². The molecule has 0 unspecified atom stereocenters. The van der Waals surface area contributed by atoms with E-state index in [0.717, 1.165) is 5.69 Å². The average Bonchev–Trinajstić information content (AvgIpc) is 2.49. The number of aromatic hydroxyl groups is 1. The molecule has 20 heavy (non-hydrogen) atoms. The molecule has 2 aromatic rings. The Morgan fingerprint density at radius 2 is 2.10 bits per heavy atom. The van der Waals surface area contributed by atoms with Gasteiger partial charge in [-0.05, 0) is 26.0 Å². The summed E-state index contributed by atoms with van der Waals surface area (Å²) in [6, 6.07) is 5.81. The van der Waals surface area contributed by atoms with Crippen molar-refractivity contribution < 1.29 is 10.2 Å². The summed E-state index contributed by atoms with van der Waals surface area (Å²) in [5.74, 6) is 0.136. The molecular weight excluding hydrogens is 254 g/mol. The van der Waals surface area contributed by atoms with Crippen LogP contribution in [0.25, 0.3) is 0 Å². The fraction of sp³-hybridized carbons (Fsp3) is 0.333. The molecule has 0 amide bonds. The van der Waals surface area contributed by atoms with Gasteiger partial charge in [-0.2, -0.15) is 0 Å². The third kappa shape index (κ3) is 3.12. The maximum Gasteiger partial charge on any atom is 0.141 e. The molecule has 0 aliphatic rings. The van der Waals surface area contributed by atoms with Crippen LogP contribution in [0.15, 0.2) is 30.6 Å². The molecule has 0 saturated heterocycles. The highest BCUT2D eigenvalue weighted by Crippen LogP contribution is 2.24. The van der Waals surface area contributed by atoms with Crippen LogP contribution in [0.2, 0.25) is 0 Å². The van der Waals surface area contributed by atoms with Gasteiger partial charge in [0.1, 0.15) is 5.75 Å². The molecule has 1 atom stereocenters. The fourth-order valence-electron chi connectivity index (χ4n) is 2.01. The van der Waals surface area contributed by atoms with Crippen LogP contribution in [0, 0.1) is 6.92 Å². The molecule has 2 heterocycles. The van der Waals surface area contributed by atoms with Crippen molar-refractivity contribution in [2.45, 2.75) is 33.0 Å². The zero-order valence-corrected chi connectivity index (χ0v) is 11.7. The summed E-state index contributed by atoms with van der Waals surface area (Å²) < 4.78 is 0. The second-order valence-corrected chi connectivity index (χ2v) is 4.71. The lowest BCUT2D eigenvalue weighted by Gasteiger charge is -2.16. The lowest BCUT2D eigenvalue weighted by atomic mass is 10.1. The molecule has 0 aliphatic heterocycles. The Morgan fingerprint density at radius 1 is 1.30 bits per heavy atom. The maximum absolute atomic E-state index is 10.1. The summed E-state index contributed by atoms with van der Waals surface area (Å²) >= 11 is 0. The van der Waals surface area contributed by atoms with Gasteiger partial charge >= 0.3 is 0 Å². The Morgan fingerprint density at radius 3 is 2.75 bits per heavy atom. The van der Waals surface area contributed by atoms with Crippen LogP contribution in [-0.2, 0) is 13.2 Å². The molecule has 5 nitrogen and oxygen atoms in total. The smallest absolute Gasteiger partial charge is 0.141 e. The molecule has 0 radical (unpaired) electrons. The van der Waals surface area contributed by atoms with E-state index in [1.54, 1.807) is 19.3 Å². The Hall–Kier alpha value is -1.98. The van der Waals surface area contributed by atoms with Gasteiger partial charge in [-0.3, -0.25) is 9.97 Å². The number of aromatic nitrogens is 2. The third-order valence-corrected chi connectivity index (χ3v) is 3.32. The van der Waals surface area contributed by atoms with Crippen LogP contribution in [0.3, 0.4) is 0 Å². The molecule has 5 heteroatoms. The lowest BCUT2D eigenvalue weighted by Crippen LogP contribution is -2.20. The highest BCUT2D eigenvalue weighted by molar-refractivity contribution is 5.40. The molecule has 0 spiro atoms. The minimum absolute atomic E-state index is 0.0515. The predicted octanol–water partition coefficient (Wildman–Crippen LogP) is 1.83. The molecule has 0 aliphatic carbocycles. The second-order valence-electron chi connectivity index (χ2n) is 4.71. The van der Waals surface area contributed by atoms with Gasteiger partial charge < -0.3 is 15.5 Å². The van der Waals surface area contributed by atoms with Gasteiger partial charge in [0.15, 0.2) is 0 Å². The van der Waals surface area contributed by atoms with Gasteiger partial charge in [-0.15, -0.1) is 0 Å². The highest BCUT2D eigenvalue weighted by atomic mass is 16.3. The maximum atomic E-state index is 10.1. The van der Waals surface area contributed by atoms with E-state index >= 15 is 0 Å². The minimum Gasteiger partial charge on any atom is -0.506 e. The van der Waals surface area contributed by atoms with Gasteiger partial charge in [-0.25, -0.2) is 0 Å². The van der Waals surface area contributed by atoms with E-state index in [1.165, 1.54) is 0 Å². The van der Waals surface area contributed by atoms with E-state index in [2.05, 4.69) is 15.3 Å².